The number of aromatic nitrogens is 3. The summed E-state index contributed by atoms with van der Waals surface area (Å²) in [4.78, 5) is 0. The molecule has 1 aromatic carbocycles. The van der Waals surface area contributed by atoms with Crippen LogP contribution in [0.1, 0.15) is 17.5 Å². The Labute approximate surface area is 156 Å². The van der Waals surface area contributed by atoms with E-state index < -0.39 is 24.9 Å². The van der Waals surface area contributed by atoms with Gasteiger partial charge in [-0.1, -0.05) is 41.0 Å². The predicted octanol–water partition coefficient (Wildman–Crippen LogP) is 0.691. The van der Waals surface area contributed by atoms with Crippen LogP contribution in [-0.2, 0) is 0 Å². The minimum atomic E-state index is -1.64. The number of hydrogen-bond donors (Lipinski definition) is 4. The van der Waals surface area contributed by atoms with Gasteiger partial charge in [-0.05, 0) is 12.1 Å². The molecule has 0 saturated carbocycles. The number of aliphatic hydroxyl groups is 4. The fourth-order valence-corrected chi connectivity index (χ4v) is 3.61. The second kappa shape index (κ2) is 7.58. The molecule has 134 valence electrons. The van der Waals surface area contributed by atoms with E-state index in [-0.39, 0.29) is 5.82 Å². The van der Waals surface area contributed by atoms with Crippen molar-refractivity contribution in [1.82, 2.24) is 14.9 Å². The molecular formula is C14H14Cl2N4O4S. The Hall–Kier alpha value is -1.20. The molecule has 8 nitrogen and oxygen atoms in total. The lowest BCUT2D eigenvalue weighted by atomic mass is 10.1. The first-order chi connectivity index (χ1) is 11.9. The van der Waals surface area contributed by atoms with E-state index in [2.05, 4.69) is 15.3 Å². The number of hydrogen-bond acceptors (Lipinski definition) is 8. The topological polar surface area (TPSA) is 124 Å². The Kier molecular flexibility index (Phi) is 5.64. The number of aliphatic hydroxyl groups excluding tert-OH is 4. The Morgan fingerprint density at radius 2 is 1.96 bits per heavy atom. The van der Waals surface area contributed by atoms with Gasteiger partial charge in [0.1, 0.15) is 18.3 Å². The third-order valence-corrected chi connectivity index (χ3v) is 5.08. The van der Waals surface area contributed by atoms with Crippen molar-refractivity contribution in [2.45, 2.75) is 23.5 Å². The summed E-state index contributed by atoms with van der Waals surface area (Å²) in [5.74, 6) is 0.432. The molecule has 3 unspecified atom stereocenters. The zero-order chi connectivity index (χ0) is 18.1. The largest absolute Gasteiger partial charge is 0.394 e. The van der Waals surface area contributed by atoms with Gasteiger partial charge in [-0.15, -0.1) is 10.2 Å². The molecule has 1 aliphatic heterocycles. The lowest BCUT2D eigenvalue weighted by molar-refractivity contribution is -0.0813. The molecule has 0 bridgehead atoms. The molecule has 4 N–H and O–H groups in total. The van der Waals surface area contributed by atoms with Crippen molar-refractivity contribution in [2.75, 3.05) is 12.4 Å². The lowest BCUT2D eigenvalue weighted by Gasteiger charge is -2.21. The molecule has 0 aliphatic carbocycles. The van der Waals surface area contributed by atoms with Crippen LogP contribution >= 0.6 is 35.0 Å². The normalized spacial score (nSPS) is 17.6. The van der Waals surface area contributed by atoms with Gasteiger partial charge in [-0.3, -0.25) is 0 Å². The maximum absolute atomic E-state index is 10.2. The van der Waals surface area contributed by atoms with Gasteiger partial charge >= 0.3 is 0 Å². The number of fused-ring (bicyclic) bond motifs is 1. The molecule has 0 amide bonds. The quantitative estimate of drug-likeness (QED) is 0.577. The first-order valence-electron chi connectivity index (χ1n) is 7.18. The molecule has 2 heterocycles. The summed E-state index contributed by atoms with van der Waals surface area (Å²) in [6.07, 6.45) is -4.73. The fraction of sp³-hybridized carbons (Fsp3) is 0.357. The van der Waals surface area contributed by atoms with Crippen LogP contribution < -0.4 is 0 Å². The van der Waals surface area contributed by atoms with E-state index in [4.69, 9.17) is 28.3 Å². The van der Waals surface area contributed by atoms with Gasteiger partial charge in [0.2, 0.25) is 5.16 Å². The van der Waals surface area contributed by atoms with Gasteiger partial charge < -0.3 is 20.4 Å². The van der Waals surface area contributed by atoms with Crippen LogP contribution in [0.25, 0.3) is 0 Å². The number of nitrogens with zero attached hydrogens (tertiary/aromatic N) is 4. The second-order valence-electron chi connectivity index (χ2n) is 5.30. The van der Waals surface area contributed by atoms with Crippen molar-refractivity contribution in [1.29, 1.82) is 0 Å². The molecule has 3 atom stereocenters. The van der Waals surface area contributed by atoms with Gasteiger partial charge in [-0.2, -0.15) is 9.78 Å². The van der Waals surface area contributed by atoms with Crippen molar-refractivity contribution in [3.8, 4) is 0 Å². The maximum Gasteiger partial charge on any atom is 0.212 e. The van der Waals surface area contributed by atoms with Gasteiger partial charge in [0.15, 0.2) is 5.82 Å². The monoisotopic (exact) mass is 404 g/mol. The molecule has 1 aliphatic rings. The first kappa shape index (κ1) is 18.6. The van der Waals surface area contributed by atoms with E-state index in [1.54, 1.807) is 18.2 Å². The summed E-state index contributed by atoms with van der Waals surface area (Å²) in [5, 5.41) is 52.0. The fourth-order valence-electron chi connectivity index (χ4n) is 2.25. The molecule has 25 heavy (non-hydrogen) atoms. The van der Waals surface area contributed by atoms with E-state index >= 15 is 0 Å². The van der Waals surface area contributed by atoms with E-state index in [0.717, 1.165) is 0 Å². The Bertz CT molecular complexity index is 816. The zero-order valence-corrected chi connectivity index (χ0v) is 14.9. The van der Waals surface area contributed by atoms with Gasteiger partial charge in [0.25, 0.3) is 0 Å². The van der Waals surface area contributed by atoms with E-state index in [9.17, 15) is 15.3 Å². The Morgan fingerprint density at radius 1 is 1.20 bits per heavy atom. The van der Waals surface area contributed by atoms with Crippen LogP contribution in [0.2, 0.25) is 10.0 Å². The third-order valence-electron chi connectivity index (χ3n) is 3.61. The van der Waals surface area contributed by atoms with E-state index in [1.807, 2.05) is 0 Å². The molecule has 0 fully saturated rings. The van der Waals surface area contributed by atoms with Gasteiger partial charge in [0.05, 0.1) is 17.3 Å². The summed E-state index contributed by atoms with van der Waals surface area (Å²) in [6.45, 7) is -0.705. The highest BCUT2D eigenvalue weighted by molar-refractivity contribution is 7.99. The maximum atomic E-state index is 10.2. The standard InChI is InChI=1S/C14H14Cl2N4O4S/c15-6-1-2-7(8(16)3-6)9-5-25-14-18-17-13(20(14)19-9)12(24)11(23)10(22)4-21/h1-3,10-12,21-24H,4-5H2. The van der Waals surface area contributed by atoms with Crippen molar-refractivity contribution >= 4 is 40.7 Å². The molecule has 2 aromatic rings. The van der Waals surface area contributed by atoms with Crippen molar-refractivity contribution in [3.05, 3.63) is 39.6 Å². The van der Waals surface area contributed by atoms with E-state index in [0.29, 0.717) is 32.2 Å². The van der Waals surface area contributed by atoms with Gasteiger partial charge in [0, 0.05) is 16.3 Å². The highest BCUT2D eigenvalue weighted by Crippen LogP contribution is 2.30. The molecule has 0 radical (unpaired) electrons. The Morgan fingerprint density at radius 3 is 2.64 bits per heavy atom. The van der Waals surface area contributed by atoms with Crippen LogP contribution in [0.15, 0.2) is 28.5 Å². The number of thioether (sulfide) groups is 1. The average molecular weight is 405 g/mol. The number of benzene rings is 1. The van der Waals surface area contributed by atoms with Crippen LogP contribution in [0, 0.1) is 0 Å². The van der Waals surface area contributed by atoms with E-state index in [1.165, 1.54) is 16.4 Å². The predicted molar refractivity (Wildman–Crippen MR) is 93.2 cm³/mol. The minimum Gasteiger partial charge on any atom is -0.394 e. The molecule has 0 spiro atoms. The Balaban J connectivity index is 1.97. The van der Waals surface area contributed by atoms with Crippen molar-refractivity contribution in [3.63, 3.8) is 0 Å². The first-order valence-corrected chi connectivity index (χ1v) is 8.93. The number of rotatable bonds is 5. The minimum absolute atomic E-state index is 0.0511. The molecule has 3 rings (SSSR count). The highest BCUT2D eigenvalue weighted by Gasteiger charge is 2.32. The molecular weight excluding hydrogens is 391 g/mol. The summed E-state index contributed by atoms with van der Waals surface area (Å²) in [5.41, 5.74) is 1.29. The van der Waals surface area contributed by atoms with Crippen molar-refractivity contribution < 1.29 is 20.4 Å². The van der Waals surface area contributed by atoms with Gasteiger partial charge in [-0.25, -0.2) is 0 Å². The van der Waals surface area contributed by atoms with Crippen molar-refractivity contribution in [2.24, 2.45) is 5.10 Å². The summed E-state index contributed by atoms with van der Waals surface area (Å²) >= 11 is 13.4. The summed E-state index contributed by atoms with van der Waals surface area (Å²) < 4.78 is 1.28. The average Bonchev–Trinajstić information content (AvgIpc) is 3.02. The highest BCUT2D eigenvalue weighted by atomic mass is 35.5. The smallest absolute Gasteiger partial charge is 0.212 e. The van der Waals surface area contributed by atoms with Crippen LogP contribution in [0.4, 0.5) is 0 Å². The lowest BCUT2D eigenvalue weighted by Crippen LogP contribution is -2.36. The molecule has 1 aromatic heterocycles. The third kappa shape index (κ3) is 3.68. The summed E-state index contributed by atoms with van der Waals surface area (Å²) in [7, 11) is 0. The SMILES string of the molecule is OCC(O)C(O)C(O)c1nnc2n1N=C(c1ccc(Cl)cc1Cl)CS2. The van der Waals surface area contributed by atoms with Crippen LogP contribution in [-0.4, -0.2) is 65.6 Å². The molecule has 0 saturated heterocycles. The number of halogens is 2. The zero-order valence-electron chi connectivity index (χ0n) is 12.6. The second-order valence-corrected chi connectivity index (χ2v) is 7.08. The molecule has 11 heteroatoms. The summed E-state index contributed by atoms with van der Waals surface area (Å²) in [6, 6.07) is 5.03. The van der Waals surface area contributed by atoms with Crippen LogP contribution in [0.5, 0.6) is 0 Å². The van der Waals surface area contributed by atoms with Crippen LogP contribution in [0.3, 0.4) is 0 Å².